The van der Waals surface area contributed by atoms with Gasteiger partial charge in [0.05, 0.1) is 7.11 Å². The van der Waals surface area contributed by atoms with Gasteiger partial charge >= 0.3 is 5.97 Å². The maximum absolute atomic E-state index is 11.3. The molecule has 1 aromatic rings. The van der Waals surface area contributed by atoms with E-state index in [1.807, 2.05) is 0 Å². The Hall–Kier alpha value is -1.36. The third kappa shape index (κ3) is 2.18. The highest BCUT2D eigenvalue weighted by molar-refractivity contribution is 9.10. The number of methoxy groups -OCH3 is 1. The van der Waals surface area contributed by atoms with Crippen LogP contribution >= 0.6 is 15.9 Å². The maximum Gasteiger partial charge on any atom is 0.340 e. The number of ketones is 1. The summed E-state index contributed by atoms with van der Waals surface area (Å²) >= 11 is 3.14. The highest BCUT2D eigenvalue weighted by Gasteiger charge is 2.21. The average molecular weight is 273 g/mol. The minimum absolute atomic E-state index is 0.112. The Kier molecular flexibility index (Phi) is 3.47. The molecule has 1 aromatic carbocycles. The molecular formula is C10H9BrO4. The number of carboxylic acid groups (broad SMARTS) is 1. The molecule has 0 heterocycles. The van der Waals surface area contributed by atoms with Gasteiger partial charge in [0.2, 0.25) is 0 Å². The molecule has 0 aliphatic rings. The molecule has 0 amide bonds. The Bertz CT molecular complexity index is 426. The molecule has 4 nitrogen and oxygen atoms in total. The van der Waals surface area contributed by atoms with Gasteiger partial charge in [-0.1, -0.05) is 15.9 Å². The standard InChI is InChI=1S/C10H9BrO4/c1-5(12)8-6(11)3-4-7(15-2)9(8)10(13)14/h3-4H,1-2H3,(H,13,14). The number of hydrogen-bond acceptors (Lipinski definition) is 3. The van der Waals surface area contributed by atoms with Crippen molar-refractivity contribution in [3.63, 3.8) is 0 Å². The van der Waals surface area contributed by atoms with Crippen LogP contribution in [0.3, 0.4) is 0 Å². The van der Waals surface area contributed by atoms with Crippen LogP contribution in [0.25, 0.3) is 0 Å². The lowest BCUT2D eigenvalue weighted by Crippen LogP contribution is -2.09. The topological polar surface area (TPSA) is 63.6 Å². The molecule has 15 heavy (non-hydrogen) atoms. The smallest absolute Gasteiger partial charge is 0.340 e. The second-order valence-electron chi connectivity index (χ2n) is 2.86. The van der Waals surface area contributed by atoms with Crippen molar-refractivity contribution >= 4 is 27.7 Å². The Morgan fingerprint density at radius 3 is 2.33 bits per heavy atom. The molecule has 0 aliphatic heterocycles. The summed E-state index contributed by atoms with van der Waals surface area (Å²) in [6, 6.07) is 3.09. The number of ether oxygens (including phenoxy) is 1. The van der Waals surface area contributed by atoms with Gasteiger partial charge in [-0.15, -0.1) is 0 Å². The first kappa shape index (κ1) is 11.7. The predicted octanol–water partition coefficient (Wildman–Crippen LogP) is 2.36. The lowest BCUT2D eigenvalue weighted by Gasteiger charge is -2.09. The minimum Gasteiger partial charge on any atom is -0.496 e. The number of benzene rings is 1. The molecule has 0 bridgehead atoms. The highest BCUT2D eigenvalue weighted by Crippen LogP contribution is 2.29. The number of Topliss-reactive ketones (excluding diaryl/α,β-unsaturated/α-hetero) is 1. The molecule has 0 atom stereocenters. The van der Waals surface area contributed by atoms with Gasteiger partial charge in [0.1, 0.15) is 11.3 Å². The fourth-order valence-corrected chi connectivity index (χ4v) is 1.89. The fraction of sp³-hybridized carbons (Fsp3) is 0.200. The van der Waals surface area contributed by atoms with Crippen LogP contribution in [0.1, 0.15) is 27.6 Å². The van der Waals surface area contributed by atoms with Gasteiger partial charge < -0.3 is 9.84 Å². The third-order valence-electron chi connectivity index (χ3n) is 1.90. The Labute approximate surface area is 95.0 Å². The van der Waals surface area contributed by atoms with Crippen molar-refractivity contribution < 1.29 is 19.4 Å². The monoisotopic (exact) mass is 272 g/mol. The summed E-state index contributed by atoms with van der Waals surface area (Å²) in [6.07, 6.45) is 0. The molecule has 0 spiro atoms. The molecule has 1 rings (SSSR count). The molecule has 0 aromatic heterocycles. The van der Waals surface area contributed by atoms with Gasteiger partial charge in [-0.25, -0.2) is 4.79 Å². The van der Waals surface area contributed by atoms with Crippen LogP contribution in [0, 0.1) is 0 Å². The number of carbonyl (C=O) groups excluding carboxylic acids is 1. The molecule has 1 N–H and O–H groups in total. The molecule has 5 heteroatoms. The van der Waals surface area contributed by atoms with Gasteiger partial charge in [-0.05, 0) is 19.1 Å². The summed E-state index contributed by atoms with van der Waals surface area (Å²) in [5.74, 6) is -1.33. The second kappa shape index (κ2) is 4.44. The number of halogens is 1. The van der Waals surface area contributed by atoms with Crippen LogP contribution < -0.4 is 4.74 Å². The summed E-state index contributed by atoms with van der Waals surface area (Å²) in [5.41, 5.74) is 0.0150. The van der Waals surface area contributed by atoms with E-state index < -0.39 is 5.97 Å². The van der Waals surface area contributed by atoms with Crippen molar-refractivity contribution in [3.05, 3.63) is 27.7 Å². The fourth-order valence-electron chi connectivity index (χ4n) is 1.28. The molecule has 0 saturated heterocycles. The van der Waals surface area contributed by atoms with Crippen LogP contribution in [-0.4, -0.2) is 24.0 Å². The molecule has 0 radical (unpaired) electrons. The Morgan fingerprint density at radius 1 is 1.33 bits per heavy atom. The molecule has 0 unspecified atom stereocenters. The first-order valence-electron chi connectivity index (χ1n) is 4.09. The van der Waals surface area contributed by atoms with Gasteiger partial charge in [0.25, 0.3) is 0 Å². The van der Waals surface area contributed by atoms with Crippen molar-refractivity contribution in [2.75, 3.05) is 7.11 Å². The SMILES string of the molecule is COc1ccc(Br)c(C(C)=O)c1C(=O)O. The summed E-state index contributed by atoms with van der Waals surface area (Å²) in [6.45, 7) is 1.31. The first-order chi connectivity index (χ1) is 6.99. The zero-order valence-corrected chi connectivity index (χ0v) is 9.79. The van der Waals surface area contributed by atoms with E-state index in [-0.39, 0.29) is 22.7 Å². The van der Waals surface area contributed by atoms with Crippen LogP contribution in [0.2, 0.25) is 0 Å². The average Bonchev–Trinajstić information content (AvgIpc) is 2.16. The summed E-state index contributed by atoms with van der Waals surface area (Å²) in [5, 5.41) is 9.00. The molecule has 0 fully saturated rings. The molecular weight excluding hydrogens is 264 g/mol. The van der Waals surface area contributed by atoms with Crippen molar-refractivity contribution in [1.82, 2.24) is 0 Å². The Balaban J connectivity index is 3.58. The van der Waals surface area contributed by atoms with Gasteiger partial charge in [-0.3, -0.25) is 4.79 Å². The van der Waals surface area contributed by atoms with E-state index in [1.54, 1.807) is 6.07 Å². The number of rotatable bonds is 3. The highest BCUT2D eigenvalue weighted by atomic mass is 79.9. The maximum atomic E-state index is 11.3. The Morgan fingerprint density at radius 2 is 1.93 bits per heavy atom. The van der Waals surface area contributed by atoms with Crippen LogP contribution in [-0.2, 0) is 0 Å². The zero-order chi connectivity index (χ0) is 11.6. The van der Waals surface area contributed by atoms with E-state index in [2.05, 4.69) is 15.9 Å². The van der Waals surface area contributed by atoms with Gasteiger partial charge in [-0.2, -0.15) is 0 Å². The molecule has 0 aliphatic carbocycles. The van der Waals surface area contributed by atoms with E-state index >= 15 is 0 Å². The zero-order valence-electron chi connectivity index (χ0n) is 8.20. The van der Waals surface area contributed by atoms with E-state index in [0.717, 1.165) is 0 Å². The van der Waals surface area contributed by atoms with Gasteiger partial charge in [0.15, 0.2) is 5.78 Å². The van der Waals surface area contributed by atoms with Crippen LogP contribution in [0.4, 0.5) is 0 Å². The normalized spacial score (nSPS) is 9.80. The number of carbonyl (C=O) groups is 2. The van der Waals surface area contributed by atoms with E-state index in [4.69, 9.17) is 9.84 Å². The van der Waals surface area contributed by atoms with Crippen molar-refractivity contribution in [1.29, 1.82) is 0 Å². The largest absolute Gasteiger partial charge is 0.496 e. The lowest BCUT2D eigenvalue weighted by molar-refractivity contribution is 0.0688. The quantitative estimate of drug-likeness (QED) is 0.858. The molecule has 80 valence electrons. The van der Waals surface area contributed by atoms with Crippen LogP contribution in [0.15, 0.2) is 16.6 Å². The number of aromatic carboxylic acids is 1. The predicted molar refractivity (Wildman–Crippen MR) is 57.7 cm³/mol. The van der Waals surface area contributed by atoms with E-state index in [0.29, 0.717) is 4.47 Å². The third-order valence-corrected chi connectivity index (χ3v) is 2.56. The molecule has 0 saturated carbocycles. The summed E-state index contributed by atoms with van der Waals surface area (Å²) in [7, 11) is 1.36. The first-order valence-corrected chi connectivity index (χ1v) is 4.89. The van der Waals surface area contributed by atoms with E-state index in [9.17, 15) is 9.59 Å². The number of carboxylic acids is 1. The second-order valence-corrected chi connectivity index (χ2v) is 3.72. The van der Waals surface area contributed by atoms with Crippen molar-refractivity contribution in [2.24, 2.45) is 0 Å². The van der Waals surface area contributed by atoms with Crippen molar-refractivity contribution in [2.45, 2.75) is 6.92 Å². The van der Waals surface area contributed by atoms with Crippen molar-refractivity contribution in [3.8, 4) is 5.75 Å². The van der Waals surface area contributed by atoms with E-state index in [1.165, 1.54) is 20.1 Å². The number of hydrogen-bond donors (Lipinski definition) is 1. The summed E-state index contributed by atoms with van der Waals surface area (Å²) < 4.78 is 5.35. The minimum atomic E-state index is -1.18. The lowest BCUT2D eigenvalue weighted by atomic mass is 10.0. The van der Waals surface area contributed by atoms with Gasteiger partial charge in [0, 0.05) is 10.0 Å². The summed E-state index contributed by atoms with van der Waals surface area (Å²) in [4.78, 5) is 22.3. The van der Waals surface area contributed by atoms with Crippen LogP contribution in [0.5, 0.6) is 5.75 Å².